The highest BCUT2D eigenvalue weighted by Gasteiger charge is 2.20. The molecule has 0 N–H and O–H groups in total. The largest absolute Gasteiger partial charge is 0.489 e. The molecule has 0 aromatic heterocycles. The molecule has 0 spiro atoms. The van der Waals surface area contributed by atoms with Gasteiger partial charge in [0.25, 0.3) is 0 Å². The Hall–Kier alpha value is -2.16. The standard InChI is InChI=1S/C13H8O3/c14-11-7-10(13(11)15)8-5-6-16-12-4-2-1-3-9(8)12/h1-5,7H,6H2. The fourth-order valence-electron chi connectivity index (χ4n) is 1.91. The lowest BCUT2D eigenvalue weighted by Gasteiger charge is -2.18. The average molecular weight is 212 g/mol. The molecule has 1 aliphatic rings. The lowest BCUT2D eigenvalue weighted by Crippen LogP contribution is -2.33. The molecular weight excluding hydrogens is 204 g/mol. The zero-order valence-corrected chi connectivity index (χ0v) is 8.40. The second-order valence-electron chi connectivity index (χ2n) is 3.68. The number of fused-ring (bicyclic) bond motifs is 1. The smallest absolute Gasteiger partial charge is 0.233 e. The second-order valence-corrected chi connectivity index (χ2v) is 3.68. The molecule has 3 heteroatoms. The van der Waals surface area contributed by atoms with E-state index in [0.717, 1.165) is 16.9 Å². The minimum absolute atomic E-state index is 0.400. The van der Waals surface area contributed by atoms with Crippen molar-refractivity contribution in [3.05, 3.63) is 68.0 Å². The Morgan fingerprint density at radius 1 is 1.06 bits per heavy atom. The maximum atomic E-state index is 11.4. The molecule has 3 rings (SSSR count). The van der Waals surface area contributed by atoms with Gasteiger partial charge in [-0.15, -0.1) is 0 Å². The zero-order chi connectivity index (χ0) is 11.1. The Kier molecular flexibility index (Phi) is 1.80. The first-order valence-corrected chi connectivity index (χ1v) is 5.00. The zero-order valence-electron chi connectivity index (χ0n) is 8.40. The molecule has 0 saturated heterocycles. The van der Waals surface area contributed by atoms with Crippen LogP contribution >= 0.6 is 0 Å². The lowest BCUT2D eigenvalue weighted by molar-refractivity contribution is 0.357. The monoisotopic (exact) mass is 212 g/mol. The fourth-order valence-corrected chi connectivity index (χ4v) is 1.91. The van der Waals surface area contributed by atoms with Crippen LogP contribution in [-0.4, -0.2) is 6.61 Å². The third kappa shape index (κ3) is 1.15. The quantitative estimate of drug-likeness (QED) is 0.665. The lowest BCUT2D eigenvalue weighted by atomic mass is 9.93. The first-order chi connectivity index (χ1) is 7.77. The van der Waals surface area contributed by atoms with Gasteiger partial charge < -0.3 is 4.74 Å². The van der Waals surface area contributed by atoms with E-state index in [4.69, 9.17) is 4.74 Å². The van der Waals surface area contributed by atoms with Crippen molar-refractivity contribution in [3.8, 4) is 5.75 Å². The molecule has 0 bridgehead atoms. The summed E-state index contributed by atoms with van der Waals surface area (Å²) in [5.74, 6) is 0.757. The predicted octanol–water partition coefficient (Wildman–Crippen LogP) is 1.11. The molecule has 0 atom stereocenters. The Labute approximate surface area is 91.3 Å². The van der Waals surface area contributed by atoms with Crippen molar-refractivity contribution < 1.29 is 4.74 Å². The molecule has 0 aliphatic carbocycles. The molecule has 0 amide bonds. The number of para-hydroxylation sites is 1. The van der Waals surface area contributed by atoms with E-state index in [-0.39, 0.29) is 0 Å². The summed E-state index contributed by atoms with van der Waals surface area (Å²) in [4.78, 5) is 22.3. The Morgan fingerprint density at radius 3 is 2.62 bits per heavy atom. The van der Waals surface area contributed by atoms with E-state index >= 15 is 0 Å². The molecule has 78 valence electrons. The van der Waals surface area contributed by atoms with Gasteiger partial charge in [-0.05, 0) is 17.7 Å². The summed E-state index contributed by atoms with van der Waals surface area (Å²) in [6.45, 7) is 0.436. The van der Waals surface area contributed by atoms with Gasteiger partial charge in [-0.25, -0.2) is 0 Å². The highest BCUT2D eigenvalue weighted by atomic mass is 16.5. The van der Waals surface area contributed by atoms with E-state index in [9.17, 15) is 9.59 Å². The predicted molar refractivity (Wildman–Crippen MR) is 60.4 cm³/mol. The highest BCUT2D eigenvalue weighted by Crippen LogP contribution is 2.32. The van der Waals surface area contributed by atoms with Gasteiger partial charge >= 0.3 is 0 Å². The van der Waals surface area contributed by atoms with Crippen molar-refractivity contribution >= 4 is 5.57 Å². The summed E-state index contributed by atoms with van der Waals surface area (Å²) < 4.78 is 5.43. The summed E-state index contributed by atoms with van der Waals surface area (Å²) in [6, 6.07) is 8.89. The Morgan fingerprint density at radius 2 is 1.88 bits per heavy atom. The van der Waals surface area contributed by atoms with Crippen LogP contribution in [0, 0.1) is 0 Å². The number of ether oxygens (including phenoxy) is 1. The maximum absolute atomic E-state index is 11.4. The van der Waals surface area contributed by atoms with Crippen molar-refractivity contribution in [3.63, 3.8) is 0 Å². The minimum atomic E-state index is -0.417. The van der Waals surface area contributed by atoms with Gasteiger partial charge in [-0.3, -0.25) is 9.59 Å². The van der Waals surface area contributed by atoms with Gasteiger partial charge in [0.2, 0.25) is 10.9 Å². The first-order valence-electron chi connectivity index (χ1n) is 5.00. The van der Waals surface area contributed by atoms with E-state index in [1.165, 1.54) is 6.07 Å². The van der Waals surface area contributed by atoms with Gasteiger partial charge in [-0.2, -0.15) is 0 Å². The highest BCUT2D eigenvalue weighted by molar-refractivity contribution is 5.84. The normalized spacial score (nSPS) is 14.1. The summed E-state index contributed by atoms with van der Waals surface area (Å²) in [5, 5.41) is 0. The van der Waals surface area contributed by atoms with E-state index in [1.807, 2.05) is 30.3 Å². The van der Waals surface area contributed by atoms with Gasteiger partial charge in [-0.1, -0.05) is 18.2 Å². The molecular formula is C13H8O3. The van der Waals surface area contributed by atoms with Crippen LogP contribution in [0.4, 0.5) is 0 Å². The maximum Gasteiger partial charge on any atom is 0.233 e. The molecule has 0 saturated carbocycles. The van der Waals surface area contributed by atoms with E-state index in [0.29, 0.717) is 12.2 Å². The Bertz CT molecular complexity index is 658. The van der Waals surface area contributed by atoms with E-state index < -0.39 is 10.9 Å². The number of benzene rings is 1. The van der Waals surface area contributed by atoms with Crippen LogP contribution < -0.4 is 15.6 Å². The fraction of sp³-hybridized carbons (Fsp3) is 0.0769. The van der Waals surface area contributed by atoms with Gasteiger partial charge in [0.15, 0.2) is 0 Å². The van der Waals surface area contributed by atoms with E-state index in [1.54, 1.807) is 0 Å². The molecule has 3 nitrogen and oxygen atoms in total. The summed E-state index contributed by atoms with van der Waals surface area (Å²) >= 11 is 0. The molecule has 0 fully saturated rings. The first kappa shape index (κ1) is 9.09. The van der Waals surface area contributed by atoms with Crippen LogP contribution in [0.3, 0.4) is 0 Å². The summed E-state index contributed by atoms with van der Waals surface area (Å²) in [7, 11) is 0. The van der Waals surface area contributed by atoms with Crippen LogP contribution in [0.5, 0.6) is 5.75 Å². The SMILES string of the molecule is O=c1cc(C2=CCOc3ccccc32)c1=O. The molecule has 1 aliphatic heterocycles. The number of hydrogen-bond acceptors (Lipinski definition) is 3. The molecule has 16 heavy (non-hydrogen) atoms. The Balaban J connectivity index is 2.18. The van der Waals surface area contributed by atoms with Gasteiger partial charge in [0.1, 0.15) is 12.4 Å². The number of hydrogen-bond donors (Lipinski definition) is 0. The van der Waals surface area contributed by atoms with Gasteiger partial charge in [0.05, 0.1) is 0 Å². The molecule has 1 heterocycles. The topological polar surface area (TPSA) is 43.4 Å². The third-order valence-electron chi connectivity index (χ3n) is 2.74. The van der Waals surface area contributed by atoms with Crippen molar-refractivity contribution in [2.24, 2.45) is 0 Å². The molecule has 0 unspecified atom stereocenters. The van der Waals surface area contributed by atoms with Crippen molar-refractivity contribution in [1.82, 2.24) is 0 Å². The number of rotatable bonds is 1. The van der Waals surface area contributed by atoms with Crippen molar-refractivity contribution in [2.75, 3.05) is 6.61 Å². The van der Waals surface area contributed by atoms with E-state index in [2.05, 4.69) is 0 Å². The van der Waals surface area contributed by atoms with Crippen LogP contribution in [0.15, 0.2) is 46.0 Å². The molecule has 2 aromatic carbocycles. The summed E-state index contributed by atoms with van der Waals surface area (Å²) in [6.07, 6.45) is 1.83. The van der Waals surface area contributed by atoms with Crippen LogP contribution in [0.25, 0.3) is 5.57 Å². The second kappa shape index (κ2) is 3.17. The van der Waals surface area contributed by atoms with Crippen molar-refractivity contribution in [1.29, 1.82) is 0 Å². The average Bonchev–Trinajstić information content (AvgIpc) is 2.35. The third-order valence-corrected chi connectivity index (χ3v) is 2.74. The minimum Gasteiger partial charge on any atom is -0.489 e. The van der Waals surface area contributed by atoms with Crippen LogP contribution in [0.2, 0.25) is 0 Å². The van der Waals surface area contributed by atoms with Crippen molar-refractivity contribution in [2.45, 2.75) is 0 Å². The van der Waals surface area contributed by atoms with Gasteiger partial charge in [0, 0.05) is 17.2 Å². The van der Waals surface area contributed by atoms with Crippen LogP contribution in [-0.2, 0) is 0 Å². The van der Waals surface area contributed by atoms with Crippen LogP contribution in [0.1, 0.15) is 11.1 Å². The summed E-state index contributed by atoms with van der Waals surface area (Å²) in [5.41, 5.74) is 1.37. The molecule has 0 radical (unpaired) electrons. The molecule has 2 aromatic rings.